The average molecular weight is 196 g/mol. The van der Waals surface area contributed by atoms with Gasteiger partial charge in [0.15, 0.2) is 0 Å². The quantitative estimate of drug-likeness (QED) is 0.705. The summed E-state index contributed by atoms with van der Waals surface area (Å²) in [6.45, 7) is 2.77. The first-order chi connectivity index (χ1) is 6.75. The number of carbonyl (C=O) groups is 1. The molecule has 2 atom stereocenters. The Balaban J connectivity index is 1.62. The Hall–Kier alpha value is -0.570. The molecule has 0 heterocycles. The van der Waals surface area contributed by atoms with Crippen LogP contribution < -0.4 is 10.6 Å². The van der Waals surface area contributed by atoms with Gasteiger partial charge < -0.3 is 10.6 Å². The summed E-state index contributed by atoms with van der Waals surface area (Å²) in [7, 11) is 0. The number of hydrogen-bond donors (Lipinski definition) is 2. The molecule has 0 spiro atoms. The van der Waals surface area contributed by atoms with E-state index in [1.165, 1.54) is 32.1 Å². The lowest BCUT2D eigenvalue weighted by atomic mass is 10.1. The molecule has 80 valence electrons. The fraction of sp³-hybridized carbons (Fsp3) is 0.909. The molecule has 0 saturated heterocycles. The Bertz CT molecular complexity index is 213. The van der Waals surface area contributed by atoms with Gasteiger partial charge in [0.25, 0.3) is 0 Å². The van der Waals surface area contributed by atoms with E-state index in [-0.39, 0.29) is 5.91 Å². The molecular weight excluding hydrogens is 176 g/mol. The molecule has 2 fully saturated rings. The lowest BCUT2D eigenvalue weighted by molar-refractivity contribution is -0.120. The second-order valence-corrected chi connectivity index (χ2v) is 4.74. The average Bonchev–Trinajstić information content (AvgIpc) is 2.86. The normalized spacial score (nSPS) is 31.8. The van der Waals surface area contributed by atoms with E-state index in [0.717, 1.165) is 5.92 Å². The minimum atomic E-state index is 0.173. The number of carbonyl (C=O) groups excluding carboxylic acids is 1. The zero-order valence-corrected chi connectivity index (χ0v) is 8.88. The third-order valence-electron chi connectivity index (χ3n) is 3.33. The molecule has 0 aromatic carbocycles. The van der Waals surface area contributed by atoms with Gasteiger partial charge in [-0.05, 0) is 31.6 Å². The maximum Gasteiger partial charge on any atom is 0.234 e. The van der Waals surface area contributed by atoms with Crippen molar-refractivity contribution in [2.75, 3.05) is 6.54 Å². The molecule has 0 aliphatic heterocycles. The summed E-state index contributed by atoms with van der Waals surface area (Å²) in [5, 5.41) is 6.34. The Morgan fingerprint density at radius 3 is 2.64 bits per heavy atom. The van der Waals surface area contributed by atoms with E-state index in [4.69, 9.17) is 0 Å². The second-order valence-electron chi connectivity index (χ2n) is 4.74. The van der Waals surface area contributed by atoms with Gasteiger partial charge in [-0.25, -0.2) is 0 Å². The summed E-state index contributed by atoms with van der Waals surface area (Å²) in [6, 6.07) is 1.06. The van der Waals surface area contributed by atoms with Crippen LogP contribution in [0.2, 0.25) is 0 Å². The molecule has 2 N–H and O–H groups in total. The van der Waals surface area contributed by atoms with E-state index >= 15 is 0 Å². The highest BCUT2D eigenvalue weighted by atomic mass is 16.2. The van der Waals surface area contributed by atoms with Gasteiger partial charge in [0, 0.05) is 12.1 Å². The molecule has 3 heteroatoms. The standard InChI is InChI=1S/C11H20N2O/c1-8-3-2-4-10(8)12-7-11(14)13-9-5-6-9/h8-10,12H,2-7H2,1H3,(H,13,14). The largest absolute Gasteiger partial charge is 0.352 e. The van der Waals surface area contributed by atoms with E-state index in [1.54, 1.807) is 0 Å². The fourth-order valence-electron chi connectivity index (χ4n) is 2.18. The van der Waals surface area contributed by atoms with Crippen molar-refractivity contribution >= 4 is 5.91 Å². The van der Waals surface area contributed by atoms with Crippen LogP contribution in [0.15, 0.2) is 0 Å². The molecular formula is C11H20N2O. The third-order valence-corrected chi connectivity index (χ3v) is 3.33. The van der Waals surface area contributed by atoms with Crippen molar-refractivity contribution in [3.05, 3.63) is 0 Å². The van der Waals surface area contributed by atoms with Crippen LogP contribution >= 0.6 is 0 Å². The van der Waals surface area contributed by atoms with Gasteiger partial charge >= 0.3 is 0 Å². The summed E-state index contributed by atoms with van der Waals surface area (Å²) in [6.07, 6.45) is 6.19. The van der Waals surface area contributed by atoms with Gasteiger partial charge in [0.2, 0.25) is 5.91 Å². The predicted octanol–water partition coefficient (Wildman–Crippen LogP) is 1.04. The van der Waals surface area contributed by atoms with Crippen LogP contribution in [-0.2, 0) is 4.79 Å². The summed E-state index contributed by atoms with van der Waals surface area (Å²) in [4.78, 5) is 11.4. The molecule has 0 bridgehead atoms. The molecule has 2 aliphatic rings. The molecule has 2 aliphatic carbocycles. The van der Waals surface area contributed by atoms with Crippen LogP contribution in [0, 0.1) is 5.92 Å². The highest BCUT2D eigenvalue weighted by molar-refractivity contribution is 5.78. The fourth-order valence-corrected chi connectivity index (χ4v) is 2.18. The molecule has 0 radical (unpaired) electrons. The predicted molar refractivity (Wildman–Crippen MR) is 56.0 cm³/mol. The van der Waals surface area contributed by atoms with Crippen LogP contribution in [0.3, 0.4) is 0 Å². The van der Waals surface area contributed by atoms with Crippen molar-refractivity contribution in [3.8, 4) is 0 Å². The smallest absolute Gasteiger partial charge is 0.234 e. The van der Waals surface area contributed by atoms with Crippen LogP contribution in [-0.4, -0.2) is 24.5 Å². The zero-order valence-electron chi connectivity index (χ0n) is 8.88. The lowest BCUT2D eigenvalue weighted by Gasteiger charge is -2.16. The highest BCUT2D eigenvalue weighted by Crippen LogP contribution is 2.24. The summed E-state index contributed by atoms with van der Waals surface area (Å²) in [5.74, 6) is 0.912. The SMILES string of the molecule is CC1CCCC1NCC(=O)NC1CC1. The van der Waals surface area contributed by atoms with Crippen molar-refractivity contribution in [3.63, 3.8) is 0 Å². The van der Waals surface area contributed by atoms with Crippen LogP contribution in [0.4, 0.5) is 0 Å². The van der Waals surface area contributed by atoms with Crippen molar-refractivity contribution in [1.82, 2.24) is 10.6 Å². The van der Waals surface area contributed by atoms with E-state index in [1.807, 2.05) is 0 Å². The monoisotopic (exact) mass is 196 g/mol. The van der Waals surface area contributed by atoms with Gasteiger partial charge in [-0.3, -0.25) is 4.79 Å². The molecule has 0 aromatic heterocycles. The maximum absolute atomic E-state index is 11.4. The minimum Gasteiger partial charge on any atom is -0.352 e. The van der Waals surface area contributed by atoms with E-state index < -0.39 is 0 Å². The van der Waals surface area contributed by atoms with E-state index in [0.29, 0.717) is 18.6 Å². The van der Waals surface area contributed by atoms with Gasteiger partial charge in [-0.15, -0.1) is 0 Å². The third kappa shape index (κ3) is 2.71. The first-order valence-electron chi connectivity index (χ1n) is 5.78. The van der Waals surface area contributed by atoms with Crippen molar-refractivity contribution in [1.29, 1.82) is 0 Å². The van der Waals surface area contributed by atoms with Crippen molar-refractivity contribution < 1.29 is 4.79 Å². The molecule has 2 unspecified atom stereocenters. The molecule has 2 saturated carbocycles. The minimum absolute atomic E-state index is 0.173. The Morgan fingerprint density at radius 1 is 1.29 bits per heavy atom. The molecule has 3 nitrogen and oxygen atoms in total. The molecule has 1 amide bonds. The highest BCUT2D eigenvalue weighted by Gasteiger charge is 2.25. The van der Waals surface area contributed by atoms with Gasteiger partial charge in [-0.1, -0.05) is 13.3 Å². The summed E-state index contributed by atoms with van der Waals surface area (Å²) in [5.41, 5.74) is 0. The molecule has 14 heavy (non-hydrogen) atoms. The van der Waals surface area contributed by atoms with Gasteiger partial charge in [0.1, 0.15) is 0 Å². The van der Waals surface area contributed by atoms with Crippen LogP contribution in [0.1, 0.15) is 39.0 Å². The summed E-state index contributed by atoms with van der Waals surface area (Å²) >= 11 is 0. The van der Waals surface area contributed by atoms with Crippen LogP contribution in [0.5, 0.6) is 0 Å². The topological polar surface area (TPSA) is 41.1 Å². The van der Waals surface area contributed by atoms with Gasteiger partial charge in [0.05, 0.1) is 6.54 Å². The molecule has 0 aromatic rings. The first kappa shape index (κ1) is 9.97. The number of amides is 1. The zero-order chi connectivity index (χ0) is 9.97. The number of hydrogen-bond acceptors (Lipinski definition) is 2. The number of rotatable bonds is 4. The second kappa shape index (κ2) is 4.30. The Kier molecular flexibility index (Phi) is 3.06. The van der Waals surface area contributed by atoms with Gasteiger partial charge in [-0.2, -0.15) is 0 Å². The lowest BCUT2D eigenvalue weighted by Crippen LogP contribution is -2.40. The van der Waals surface area contributed by atoms with Crippen LogP contribution in [0.25, 0.3) is 0 Å². The summed E-state index contributed by atoms with van der Waals surface area (Å²) < 4.78 is 0. The maximum atomic E-state index is 11.4. The Morgan fingerprint density at radius 2 is 2.07 bits per heavy atom. The van der Waals surface area contributed by atoms with E-state index in [2.05, 4.69) is 17.6 Å². The first-order valence-corrected chi connectivity index (χ1v) is 5.78. The Labute approximate surface area is 85.6 Å². The molecule has 2 rings (SSSR count). The van der Waals surface area contributed by atoms with Crippen molar-refractivity contribution in [2.45, 2.75) is 51.1 Å². The number of nitrogens with one attached hydrogen (secondary N) is 2. The van der Waals surface area contributed by atoms with Crippen molar-refractivity contribution in [2.24, 2.45) is 5.92 Å². The van der Waals surface area contributed by atoms with E-state index in [9.17, 15) is 4.79 Å².